The molecule has 0 saturated heterocycles. The van der Waals surface area contributed by atoms with Crippen LogP contribution in [-0.4, -0.2) is 0 Å². The van der Waals surface area contributed by atoms with Gasteiger partial charge in [-0.25, -0.2) is 8.78 Å². The van der Waals surface area contributed by atoms with Gasteiger partial charge in [0.2, 0.25) is 0 Å². The van der Waals surface area contributed by atoms with Gasteiger partial charge < -0.3 is 5.32 Å². The molecule has 2 aromatic carbocycles. The first-order valence-electron chi connectivity index (χ1n) is 6.40. The summed E-state index contributed by atoms with van der Waals surface area (Å²) in [6.45, 7) is 4.44. The molecule has 0 aliphatic heterocycles. The zero-order chi connectivity index (χ0) is 14.7. The van der Waals surface area contributed by atoms with Crippen molar-refractivity contribution in [2.24, 2.45) is 0 Å². The number of benzene rings is 2. The van der Waals surface area contributed by atoms with Crippen LogP contribution in [0.4, 0.5) is 8.78 Å². The van der Waals surface area contributed by atoms with E-state index in [-0.39, 0.29) is 6.04 Å². The molecule has 0 saturated carbocycles. The molecule has 0 aromatic heterocycles. The van der Waals surface area contributed by atoms with Crippen molar-refractivity contribution in [2.45, 2.75) is 26.4 Å². The molecule has 4 heteroatoms. The van der Waals surface area contributed by atoms with Crippen molar-refractivity contribution in [3.63, 3.8) is 0 Å². The smallest absolute Gasteiger partial charge is 0.128 e. The second kappa shape index (κ2) is 6.46. The predicted molar refractivity (Wildman–Crippen MR) is 80.5 cm³/mol. The fourth-order valence-corrected chi connectivity index (χ4v) is 2.29. The van der Waals surface area contributed by atoms with Gasteiger partial charge in [-0.2, -0.15) is 0 Å². The molecule has 0 radical (unpaired) electrons. The topological polar surface area (TPSA) is 12.0 Å². The van der Waals surface area contributed by atoms with E-state index >= 15 is 0 Å². The number of aryl methyl sites for hydroxylation is 1. The molecular formula is C16H16BrF2N. The van der Waals surface area contributed by atoms with Crippen molar-refractivity contribution in [2.75, 3.05) is 0 Å². The molecule has 1 nitrogen and oxygen atoms in total. The number of hydrogen-bond donors (Lipinski definition) is 1. The van der Waals surface area contributed by atoms with E-state index in [4.69, 9.17) is 0 Å². The number of nitrogens with one attached hydrogen (secondary N) is 1. The fraction of sp³-hybridized carbons (Fsp3) is 0.250. The van der Waals surface area contributed by atoms with Gasteiger partial charge >= 0.3 is 0 Å². The molecule has 0 heterocycles. The van der Waals surface area contributed by atoms with Gasteiger partial charge in [0.1, 0.15) is 11.6 Å². The maximum Gasteiger partial charge on any atom is 0.128 e. The summed E-state index contributed by atoms with van der Waals surface area (Å²) < 4.78 is 27.9. The third-order valence-electron chi connectivity index (χ3n) is 3.26. The summed E-state index contributed by atoms with van der Waals surface area (Å²) in [4.78, 5) is 0. The van der Waals surface area contributed by atoms with Crippen LogP contribution in [0.2, 0.25) is 0 Å². The van der Waals surface area contributed by atoms with Crippen molar-refractivity contribution in [1.29, 1.82) is 0 Å². The monoisotopic (exact) mass is 339 g/mol. The van der Waals surface area contributed by atoms with Crippen molar-refractivity contribution in [3.05, 3.63) is 69.2 Å². The molecule has 0 amide bonds. The summed E-state index contributed by atoms with van der Waals surface area (Å²) in [6.07, 6.45) is 0. The Bertz CT molecular complexity index is 613. The van der Waals surface area contributed by atoms with Crippen LogP contribution in [0, 0.1) is 18.6 Å². The van der Waals surface area contributed by atoms with Gasteiger partial charge in [-0.15, -0.1) is 0 Å². The van der Waals surface area contributed by atoms with E-state index in [1.807, 2.05) is 26.0 Å². The predicted octanol–water partition coefficient (Wildman–Crippen LogP) is 4.89. The van der Waals surface area contributed by atoms with E-state index < -0.39 is 11.6 Å². The number of hydrogen-bond acceptors (Lipinski definition) is 1. The Morgan fingerprint density at radius 2 is 1.90 bits per heavy atom. The second-order valence-corrected chi connectivity index (χ2v) is 5.71. The molecule has 0 bridgehead atoms. The fourth-order valence-electron chi connectivity index (χ4n) is 2.04. The van der Waals surface area contributed by atoms with E-state index in [2.05, 4.69) is 27.3 Å². The van der Waals surface area contributed by atoms with Crippen LogP contribution in [0.5, 0.6) is 0 Å². The van der Waals surface area contributed by atoms with Gasteiger partial charge in [-0.3, -0.25) is 0 Å². The zero-order valence-electron chi connectivity index (χ0n) is 11.4. The third kappa shape index (κ3) is 3.64. The summed E-state index contributed by atoms with van der Waals surface area (Å²) in [7, 11) is 0. The highest BCUT2D eigenvalue weighted by Crippen LogP contribution is 2.20. The van der Waals surface area contributed by atoms with Crippen LogP contribution in [-0.2, 0) is 6.54 Å². The molecular weight excluding hydrogens is 324 g/mol. The van der Waals surface area contributed by atoms with Crippen LogP contribution < -0.4 is 5.32 Å². The summed E-state index contributed by atoms with van der Waals surface area (Å²) >= 11 is 3.45. The zero-order valence-corrected chi connectivity index (χ0v) is 13.0. The first-order chi connectivity index (χ1) is 9.47. The lowest BCUT2D eigenvalue weighted by molar-refractivity contribution is 0.518. The van der Waals surface area contributed by atoms with Crippen molar-refractivity contribution >= 4 is 15.9 Å². The largest absolute Gasteiger partial charge is 0.306 e. The van der Waals surface area contributed by atoms with Crippen LogP contribution in [0.3, 0.4) is 0 Å². The normalized spacial score (nSPS) is 12.4. The second-order valence-electron chi connectivity index (χ2n) is 4.85. The highest BCUT2D eigenvalue weighted by molar-refractivity contribution is 9.10. The Kier molecular flexibility index (Phi) is 4.89. The van der Waals surface area contributed by atoms with E-state index in [1.165, 1.54) is 6.07 Å². The first-order valence-corrected chi connectivity index (χ1v) is 7.20. The molecule has 0 spiro atoms. The van der Waals surface area contributed by atoms with Crippen LogP contribution in [0.15, 0.2) is 40.9 Å². The molecule has 2 aromatic rings. The minimum absolute atomic E-state index is 0.255. The van der Waals surface area contributed by atoms with Crippen molar-refractivity contribution in [3.8, 4) is 0 Å². The first kappa shape index (κ1) is 15.1. The number of halogens is 3. The number of rotatable bonds is 4. The highest BCUT2D eigenvalue weighted by atomic mass is 79.9. The Hall–Kier alpha value is -1.26. The van der Waals surface area contributed by atoms with Crippen molar-refractivity contribution < 1.29 is 8.78 Å². The van der Waals surface area contributed by atoms with Gasteiger partial charge in [0, 0.05) is 22.6 Å². The van der Waals surface area contributed by atoms with Crippen molar-refractivity contribution in [1.82, 2.24) is 5.32 Å². The lowest BCUT2D eigenvalue weighted by Gasteiger charge is -2.15. The standard InChI is InChI=1S/C16H16BrF2N/c1-10-7-12(3-5-15(10)17)9-20-11(2)14-8-13(18)4-6-16(14)19/h3-8,11,20H,9H2,1-2H3. The summed E-state index contributed by atoms with van der Waals surface area (Å²) in [5.74, 6) is -0.812. The Labute approximate surface area is 126 Å². The highest BCUT2D eigenvalue weighted by Gasteiger charge is 2.11. The van der Waals surface area contributed by atoms with Gasteiger partial charge in [-0.05, 0) is 49.2 Å². The molecule has 0 fully saturated rings. The molecule has 1 unspecified atom stereocenters. The summed E-state index contributed by atoms with van der Waals surface area (Å²) in [5.41, 5.74) is 2.60. The molecule has 106 valence electrons. The van der Waals surface area contributed by atoms with Gasteiger partial charge in [-0.1, -0.05) is 28.1 Å². The maximum absolute atomic E-state index is 13.6. The average molecular weight is 340 g/mol. The quantitative estimate of drug-likeness (QED) is 0.836. The average Bonchev–Trinajstić information content (AvgIpc) is 2.42. The summed E-state index contributed by atoms with van der Waals surface area (Å²) in [5, 5.41) is 3.21. The third-order valence-corrected chi connectivity index (χ3v) is 4.15. The van der Waals surface area contributed by atoms with Gasteiger partial charge in [0.15, 0.2) is 0 Å². The van der Waals surface area contributed by atoms with Crippen LogP contribution >= 0.6 is 15.9 Å². The Morgan fingerprint density at radius 3 is 2.60 bits per heavy atom. The molecule has 1 atom stereocenters. The van der Waals surface area contributed by atoms with E-state index in [9.17, 15) is 8.78 Å². The molecule has 2 rings (SSSR count). The molecule has 1 N–H and O–H groups in total. The lowest BCUT2D eigenvalue weighted by Crippen LogP contribution is -2.19. The molecule has 0 aliphatic rings. The van der Waals surface area contributed by atoms with Crippen LogP contribution in [0.1, 0.15) is 29.7 Å². The minimum atomic E-state index is -0.422. The lowest BCUT2D eigenvalue weighted by atomic mass is 10.1. The molecule has 20 heavy (non-hydrogen) atoms. The van der Waals surface area contributed by atoms with E-state index in [1.54, 1.807) is 0 Å². The summed E-state index contributed by atoms with van der Waals surface area (Å²) in [6, 6.07) is 9.31. The maximum atomic E-state index is 13.6. The Balaban J connectivity index is 2.06. The van der Waals surface area contributed by atoms with Gasteiger partial charge in [0.25, 0.3) is 0 Å². The molecule has 0 aliphatic carbocycles. The van der Waals surface area contributed by atoms with Gasteiger partial charge in [0.05, 0.1) is 0 Å². The Morgan fingerprint density at radius 1 is 1.15 bits per heavy atom. The minimum Gasteiger partial charge on any atom is -0.306 e. The van der Waals surface area contributed by atoms with E-state index in [0.29, 0.717) is 12.1 Å². The van der Waals surface area contributed by atoms with E-state index in [0.717, 1.165) is 27.7 Å². The van der Waals surface area contributed by atoms with Crippen LogP contribution in [0.25, 0.3) is 0 Å². The SMILES string of the molecule is Cc1cc(CNC(C)c2cc(F)ccc2F)ccc1Br.